The maximum atomic E-state index is 12.7. The lowest BCUT2D eigenvalue weighted by atomic mass is 10.0. The lowest BCUT2D eigenvalue weighted by Crippen LogP contribution is -2.10. The fraction of sp³-hybridized carbons (Fsp3) is 0.0870. The highest BCUT2D eigenvalue weighted by atomic mass is 16.1. The van der Waals surface area contributed by atoms with Crippen molar-refractivity contribution >= 4 is 11.3 Å². The molecule has 0 radical (unpaired) electrons. The molecule has 0 aliphatic carbocycles. The van der Waals surface area contributed by atoms with Crippen LogP contribution in [0.3, 0.4) is 0 Å². The lowest BCUT2D eigenvalue weighted by molar-refractivity contribution is -0.117. The van der Waals surface area contributed by atoms with Crippen molar-refractivity contribution < 1.29 is 4.79 Å². The number of carbonyl (C=O) groups excluding carboxylic acids is 1. The number of ketones is 1. The number of hydrogen-bond donors (Lipinski definition) is 0. The molecule has 0 bridgehead atoms. The first-order chi connectivity index (χ1) is 13.2. The van der Waals surface area contributed by atoms with E-state index in [9.17, 15) is 4.79 Å². The topological polar surface area (TPSA) is 58.2 Å². The Balaban J connectivity index is 1.61. The van der Waals surface area contributed by atoms with E-state index in [0.29, 0.717) is 18.4 Å². The number of nitrogens with zero attached hydrogens (tertiary/aromatic N) is 3. The Kier molecular flexibility index (Phi) is 4.51. The molecule has 130 valence electrons. The third kappa shape index (κ3) is 3.63. The van der Waals surface area contributed by atoms with Crippen molar-refractivity contribution in [3.05, 3.63) is 96.1 Å². The van der Waals surface area contributed by atoms with Crippen LogP contribution >= 0.6 is 0 Å². The van der Waals surface area contributed by atoms with Crippen LogP contribution in [0, 0.1) is 11.3 Å². The van der Waals surface area contributed by atoms with Gasteiger partial charge in [0.25, 0.3) is 0 Å². The van der Waals surface area contributed by atoms with Crippen LogP contribution in [-0.4, -0.2) is 15.2 Å². The Morgan fingerprint density at radius 1 is 0.963 bits per heavy atom. The standard InChI is InChI=1S/C23H17N3O/c24-14-18-8-6-17(7-9-18)10-23(27)13-21-11-20(19-4-2-1-3-5-19)12-22-15-25-16-26(21)22/h1-9,11-12,15-16H,10,13H2. The Labute approximate surface area is 157 Å². The summed E-state index contributed by atoms with van der Waals surface area (Å²) in [5, 5.41) is 8.88. The molecule has 4 heteroatoms. The van der Waals surface area contributed by atoms with E-state index in [1.807, 2.05) is 34.7 Å². The van der Waals surface area contributed by atoms with Crippen molar-refractivity contribution in [1.29, 1.82) is 5.26 Å². The van der Waals surface area contributed by atoms with Crippen LogP contribution in [0.15, 0.2) is 79.3 Å². The molecule has 2 aromatic carbocycles. The number of imidazole rings is 1. The first-order valence-corrected chi connectivity index (χ1v) is 8.74. The Morgan fingerprint density at radius 3 is 2.48 bits per heavy atom. The van der Waals surface area contributed by atoms with Gasteiger partial charge >= 0.3 is 0 Å². The first-order valence-electron chi connectivity index (χ1n) is 8.74. The molecule has 0 aliphatic rings. The van der Waals surface area contributed by atoms with Crippen LogP contribution in [0.1, 0.15) is 16.8 Å². The maximum absolute atomic E-state index is 12.7. The van der Waals surface area contributed by atoms with Crippen molar-refractivity contribution in [2.75, 3.05) is 0 Å². The van der Waals surface area contributed by atoms with Crippen molar-refractivity contribution in [1.82, 2.24) is 9.38 Å². The molecule has 0 atom stereocenters. The average molecular weight is 351 g/mol. The number of benzene rings is 2. The van der Waals surface area contributed by atoms with Crippen LogP contribution in [0.4, 0.5) is 0 Å². The zero-order valence-corrected chi connectivity index (χ0v) is 14.7. The Hall–Kier alpha value is -3.71. The summed E-state index contributed by atoms with van der Waals surface area (Å²) in [5.41, 5.74) is 5.59. The predicted octanol–water partition coefficient (Wildman–Crippen LogP) is 4.23. The predicted molar refractivity (Wildman–Crippen MR) is 104 cm³/mol. The molecule has 2 aromatic heterocycles. The fourth-order valence-electron chi connectivity index (χ4n) is 3.22. The van der Waals surface area contributed by atoms with Gasteiger partial charge in [0.05, 0.1) is 29.7 Å². The summed E-state index contributed by atoms with van der Waals surface area (Å²) in [6, 6.07) is 23.5. The maximum Gasteiger partial charge on any atom is 0.143 e. The van der Waals surface area contributed by atoms with E-state index in [2.05, 4.69) is 35.3 Å². The molecule has 0 fully saturated rings. The largest absolute Gasteiger partial charge is 0.303 e. The number of rotatable bonds is 5. The highest BCUT2D eigenvalue weighted by Crippen LogP contribution is 2.23. The van der Waals surface area contributed by atoms with Gasteiger partial charge in [0.15, 0.2) is 0 Å². The van der Waals surface area contributed by atoms with Gasteiger partial charge in [-0.05, 0) is 41.0 Å². The molecule has 27 heavy (non-hydrogen) atoms. The lowest BCUT2D eigenvalue weighted by Gasteiger charge is -2.10. The number of pyridine rings is 1. The molecule has 2 heterocycles. The van der Waals surface area contributed by atoms with Crippen molar-refractivity contribution in [3.8, 4) is 17.2 Å². The number of aromatic nitrogens is 2. The van der Waals surface area contributed by atoms with Gasteiger partial charge in [-0.25, -0.2) is 4.98 Å². The number of nitriles is 1. The Bertz CT molecular complexity index is 1140. The van der Waals surface area contributed by atoms with Gasteiger partial charge in [0.2, 0.25) is 0 Å². The second-order valence-corrected chi connectivity index (χ2v) is 6.49. The third-order valence-corrected chi connectivity index (χ3v) is 4.57. The molecular formula is C23H17N3O. The summed E-state index contributed by atoms with van der Waals surface area (Å²) in [6.07, 6.45) is 4.22. The molecule has 4 rings (SSSR count). The Morgan fingerprint density at radius 2 is 1.74 bits per heavy atom. The van der Waals surface area contributed by atoms with Gasteiger partial charge in [0, 0.05) is 18.5 Å². The highest BCUT2D eigenvalue weighted by molar-refractivity contribution is 5.83. The van der Waals surface area contributed by atoms with E-state index in [1.54, 1.807) is 24.7 Å². The van der Waals surface area contributed by atoms with Crippen LogP contribution < -0.4 is 0 Å². The van der Waals surface area contributed by atoms with Gasteiger partial charge in [-0.1, -0.05) is 42.5 Å². The van der Waals surface area contributed by atoms with E-state index in [-0.39, 0.29) is 5.78 Å². The minimum absolute atomic E-state index is 0.125. The molecule has 0 aliphatic heterocycles. The molecular weight excluding hydrogens is 334 g/mol. The second-order valence-electron chi connectivity index (χ2n) is 6.49. The zero-order chi connectivity index (χ0) is 18.6. The summed E-state index contributed by atoms with van der Waals surface area (Å²) in [5.74, 6) is 0.125. The molecule has 0 amide bonds. The number of carbonyl (C=O) groups is 1. The van der Waals surface area contributed by atoms with Crippen LogP contribution in [-0.2, 0) is 17.6 Å². The van der Waals surface area contributed by atoms with E-state index >= 15 is 0 Å². The molecule has 0 unspecified atom stereocenters. The zero-order valence-electron chi connectivity index (χ0n) is 14.7. The molecule has 0 saturated carbocycles. The highest BCUT2D eigenvalue weighted by Gasteiger charge is 2.11. The summed E-state index contributed by atoms with van der Waals surface area (Å²) in [6.45, 7) is 0. The minimum Gasteiger partial charge on any atom is -0.303 e. The fourth-order valence-corrected chi connectivity index (χ4v) is 3.22. The van der Waals surface area contributed by atoms with Gasteiger partial charge in [-0.2, -0.15) is 5.26 Å². The minimum atomic E-state index is 0.125. The monoisotopic (exact) mass is 351 g/mol. The molecule has 0 spiro atoms. The van der Waals surface area contributed by atoms with Gasteiger partial charge in [0.1, 0.15) is 5.78 Å². The van der Waals surface area contributed by atoms with Gasteiger partial charge < -0.3 is 4.40 Å². The molecule has 4 aromatic rings. The normalized spacial score (nSPS) is 10.6. The molecule has 0 saturated heterocycles. The molecule has 0 N–H and O–H groups in total. The number of hydrogen-bond acceptors (Lipinski definition) is 3. The van der Waals surface area contributed by atoms with Gasteiger partial charge in [-0.15, -0.1) is 0 Å². The SMILES string of the molecule is N#Cc1ccc(CC(=O)Cc2cc(-c3ccccc3)cc3cncn23)cc1. The first kappa shape index (κ1) is 16.7. The second kappa shape index (κ2) is 7.27. The summed E-state index contributed by atoms with van der Waals surface area (Å²) in [7, 11) is 0. The third-order valence-electron chi connectivity index (χ3n) is 4.57. The smallest absolute Gasteiger partial charge is 0.143 e. The van der Waals surface area contributed by atoms with E-state index in [0.717, 1.165) is 27.9 Å². The van der Waals surface area contributed by atoms with Crippen molar-refractivity contribution in [2.24, 2.45) is 0 Å². The van der Waals surface area contributed by atoms with Crippen LogP contribution in [0.5, 0.6) is 0 Å². The van der Waals surface area contributed by atoms with E-state index < -0.39 is 0 Å². The summed E-state index contributed by atoms with van der Waals surface area (Å²) >= 11 is 0. The quantitative estimate of drug-likeness (QED) is 0.541. The van der Waals surface area contributed by atoms with Crippen molar-refractivity contribution in [3.63, 3.8) is 0 Å². The van der Waals surface area contributed by atoms with E-state index in [4.69, 9.17) is 5.26 Å². The van der Waals surface area contributed by atoms with Crippen molar-refractivity contribution in [2.45, 2.75) is 12.8 Å². The van der Waals surface area contributed by atoms with Crippen LogP contribution in [0.2, 0.25) is 0 Å². The van der Waals surface area contributed by atoms with E-state index in [1.165, 1.54) is 0 Å². The number of Topliss-reactive ketones (excluding diaryl/α,β-unsaturated/α-hetero) is 1. The number of fused-ring (bicyclic) bond motifs is 1. The summed E-state index contributed by atoms with van der Waals surface area (Å²) in [4.78, 5) is 16.9. The van der Waals surface area contributed by atoms with Gasteiger partial charge in [-0.3, -0.25) is 4.79 Å². The van der Waals surface area contributed by atoms with Crippen LogP contribution in [0.25, 0.3) is 16.6 Å². The molecule has 4 nitrogen and oxygen atoms in total. The summed E-state index contributed by atoms with van der Waals surface area (Å²) < 4.78 is 1.96. The average Bonchev–Trinajstić information content (AvgIpc) is 3.18.